The highest BCUT2D eigenvalue weighted by molar-refractivity contribution is 5.43. The molecule has 1 aromatic rings. The molecule has 0 aliphatic carbocycles. The summed E-state index contributed by atoms with van der Waals surface area (Å²) in [6.45, 7) is 7.61. The molecule has 14 heavy (non-hydrogen) atoms. The lowest BCUT2D eigenvalue weighted by atomic mass is 10.0. The van der Waals surface area contributed by atoms with Crippen molar-refractivity contribution in [1.29, 1.82) is 0 Å². The van der Waals surface area contributed by atoms with Crippen LogP contribution in [0.25, 0.3) is 0 Å². The largest absolute Gasteiger partial charge is 0.313 e. The van der Waals surface area contributed by atoms with Crippen molar-refractivity contribution >= 4 is 5.69 Å². The third-order valence-electron chi connectivity index (χ3n) is 2.10. The third kappa shape index (κ3) is 1.76. The molecule has 1 heterocycles. The van der Waals surface area contributed by atoms with Gasteiger partial charge >= 0.3 is 5.69 Å². The van der Waals surface area contributed by atoms with Crippen LogP contribution in [0.4, 0.5) is 5.69 Å². The van der Waals surface area contributed by atoms with Gasteiger partial charge in [-0.2, -0.15) is 5.10 Å². The molecule has 0 bridgehead atoms. The molecular weight excluding hydrogens is 182 g/mol. The second kappa shape index (κ2) is 3.77. The smallest absolute Gasteiger partial charge is 0.275 e. The Morgan fingerprint density at radius 1 is 1.29 bits per heavy atom. The van der Waals surface area contributed by atoms with Crippen LogP contribution < -0.4 is 0 Å². The average Bonchev–Trinajstić information content (AvgIpc) is 2.46. The van der Waals surface area contributed by atoms with Crippen molar-refractivity contribution in [3.05, 3.63) is 21.5 Å². The molecule has 1 rings (SSSR count). The van der Waals surface area contributed by atoms with Gasteiger partial charge in [0.05, 0.1) is 4.92 Å². The zero-order valence-corrected chi connectivity index (χ0v) is 8.87. The van der Waals surface area contributed by atoms with Crippen molar-refractivity contribution in [3.8, 4) is 0 Å². The molecule has 0 saturated heterocycles. The van der Waals surface area contributed by atoms with E-state index in [1.165, 1.54) is 0 Å². The Morgan fingerprint density at radius 2 is 1.86 bits per heavy atom. The van der Waals surface area contributed by atoms with E-state index < -0.39 is 0 Å². The summed E-state index contributed by atoms with van der Waals surface area (Å²) in [5.41, 5.74) is 1.30. The maximum atomic E-state index is 10.9. The van der Waals surface area contributed by atoms with Crippen molar-refractivity contribution in [1.82, 2.24) is 10.2 Å². The lowest BCUT2D eigenvalue weighted by Gasteiger charge is -2.01. The van der Waals surface area contributed by atoms with Crippen LogP contribution in [0.2, 0.25) is 0 Å². The van der Waals surface area contributed by atoms with Crippen LogP contribution in [-0.4, -0.2) is 15.1 Å². The quantitative estimate of drug-likeness (QED) is 0.597. The van der Waals surface area contributed by atoms with E-state index in [2.05, 4.69) is 10.2 Å². The molecule has 0 aliphatic rings. The summed E-state index contributed by atoms with van der Waals surface area (Å²) < 4.78 is 0. The Balaban J connectivity index is 3.28. The van der Waals surface area contributed by atoms with Gasteiger partial charge in [0, 0.05) is 11.8 Å². The molecule has 0 radical (unpaired) electrons. The van der Waals surface area contributed by atoms with Gasteiger partial charge in [-0.1, -0.05) is 27.7 Å². The summed E-state index contributed by atoms with van der Waals surface area (Å²) in [6.07, 6.45) is 0. The van der Waals surface area contributed by atoms with E-state index in [0.29, 0.717) is 11.4 Å². The predicted molar refractivity (Wildman–Crippen MR) is 53.4 cm³/mol. The highest BCUT2D eigenvalue weighted by Gasteiger charge is 2.27. The number of hydrogen-bond donors (Lipinski definition) is 1. The topological polar surface area (TPSA) is 71.8 Å². The predicted octanol–water partition coefficient (Wildman–Crippen LogP) is 2.56. The van der Waals surface area contributed by atoms with Crippen LogP contribution in [-0.2, 0) is 0 Å². The Morgan fingerprint density at radius 3 is 2.21 bits per heavy atom. The Labute approximate surface area is 82.7 Å². The molecule has 5 nitrogen and oxygen atoms in total. The van der Waals surface area contributed by atoms with Gasteiger partial charge in [0.15, 0.2) is 0 Å². The number of nitro groups is 1. The van der Waals surface area contributed by atoms with Gasteiger partial charge in [-0.05, 0) is 0 Å². The van der Waals surface area contributed by atoms with Crippen LogP contribution >= 0.6 is 0 Å². The Hall–Kier alpha value is -1.39. The van der Waals surface area contributed by atoms with Gasteiger partial charge in [-0.25, -0.2) is 0 Å². The number of rotatable bonds is 3. The lowest BCUT2D eigenvalue weighted by Crippen LogP contribution is -1.98. The first-order valence-electron chi connectivity index (χ1n) is 4.67. The molecular formula is C9H15N3O2. The minimum absolute atomic E-state index is 0.0687. The minimum Gasteiger partial charge on any atom is -0.275 e. The highest BCUT2D eigenvalue weighted by atomic mass is 16.6. The average molecular weight is 197 g/mol. The molecule has 1 aromatic heterocycles. The second-order valence-corrected chi connectivity index (χ2v) is 3.94. The number of nitrogens with one attached hydrogen (secondary N) is 1. The van der Waals surface area contributed by atoms with Crippen molar-refractivity contribution in [2.45, 2.75) is 39.5 Å². The first-order chi connectivity index (χ1) is 6.45. The highest BCUT2D eigenvalue weighted by Crippen LogP contribution is 2.31. The molecule has 78 valence electrons. The molecule has 5 heteroatoms. The number of H-pyrrole nitrogens is 1. The zero-order valence-electron chi connectivity index (χ0n) is 8.87. The summed E-state index contributed by atoms with van der Waals surface area (Å²) in [5.74, 6) is 0.162. The molecule has 0 fully saturated rings. The molecule has 0 aliphatic heterocycles. The first kappa shape index (κ1) is 10.7. The fourth-order valence-electron chi connectivity index (χ4n) is 1.36. The summed E-state index contributed by atoms with van der Waals surface area (Å²) in [7, 11) is 0. The van der Waals surface area contributed by atoms with Gasteiger partial charge in [0.2, 0.25) is 0 Å². The van der Waals surface area contributed by atoms with E-state index in [4.69, 9.17) is 0 Å². The van der Waals surface area contributed by atoms with Gasteiger partial charge < -0.3 is 0 Å². The molecule has 0 atom stereocenters. The van der Waals surface area contributed by atoms with Gasteiger partial charge in [-0.15, -0.1) is 0 Å². The fraction of sp³-hybridized carbons (Fsp3) is 0.667. The lowest BCUT2D eigenvalue weighted by molar-refractivity contribution is -0.386. The molecule has 0 amide bonds. The standard InChI is InChI=1S/C9H15N3O2/c1-5(2)7-9(12(13)14)8(6(3)4)11-10-7/h5-6H,1-4H3,(H,10,11). The van der Waals surface area contributed by atoms with Gasteiger partial charge in [0.25, 0.3) is 0 Å². The van der Waals surface area contributed by atoms with E-state index in [1.54, 1.807) is 0 Å². The number of aromatic nitrogens is 2. The van der Waals surface area contributed by atoms with Crippen molar-refractivity contribution in [3.63, 3.8) is 0 Å². The van der Waals surface area contributed by atoms with Crippen molar-refractivity contribution < 1.29 is 4.92 Å². The van der Waals surface area contributed by atoms with Gasteiger partial charge in [0.1, 0.15) is 11.4 Å². The van der Waals surface area contributed by atoms with Crippen molar-refractivity contribution in [2.24, 2.45) is 0 Å². The van der Waals surface area contributed by atoms with Crippen LogP contribution in [0.5, 0.6) is 0 Å². The van der Waals surface area contributed by atoms with E-state index in [1.807, 2.05) is 27.7 Å². The fourth-order valence-corrected chi connectivity index (χ4v) is 1.36. The molecule has 0 saturated carbocycles. The summed E-state index contributed by atoms with van der Waals surface area (Å²) in [5, 5.41) is 17.6. The first-order valence-corrected chi connectivity index (χ1v) is 4.67. The van der Waals surface area contributed by atoms with Crippen LogP contribution in [0.15, 0.2) is 0 Å². The van der Waals surface area contributed by atoms with Crippen molar-refractivity contribution in [2.75, 3.05) is 0 Å². The van der Waals surface area contributed by atoms with E-state index in [9.17, 15) is 10.1 Å². The van der Waals surface area contributed by atoms with Crippen LogP contribution in [0.1, 0.15) is 50.9 Å². The molecule has 0 aromatic carbocycles. The molecule has 0 unspecified atom stereocenters. The monoisotopic (exact) mass is 197 g/mol. The van der Waals surface area contributed by atoms with E-state index in [-0.39, 0.29) is 22.4 Å². The number of nitrogens with zero attached hydrogens (tertiary/aromatic N) is 2. The number of hydrogen-bond acceptors (Lipinski definition) is 3. The maximum absolute atomic E-state index is 10.9. The maximum Gasteiger partial charge on any atom is 0.313 e. The third-order valence-corrected chi connectivity index (χ3v) is 2.10. The van der Waals surface area contributed by atoms with Gasteiger partial charge in [-0.3, -0.25) is 15.2 Å². The van der Waals surface area contributed by atoms with Crippen LogP contribution in [0, 0.1) is 10.1 Å². The summed E-state index contributed by atoms with van der Waals surface area (Å²) in [4.78, 5) is 10.5. The molecule has 1 N–H and O–H groups in total. The van der Waals surface area contributed by atoms with Crippen LogP contribution in [0.3, 0.4) is 0 Å². The SMILES string of the molecule is CC(C)c1n[nH]c(C(C)C)c1[N+](=O)[O-]. The summed E-state index contributed by atoms with van der Waals surface area (Å²) >= 11 is 0. The minimum atomic E-state index is -0.353. The number of aromatic amines is 1. The second-order valence-electron chi connectivity index (χ2n) is 3.94. The Kier molecular flexibility index (Phi) is 2.88. The van der Waals surface area contributed by atoms with E-state index in [0.717, 1.165) is 0 Å². The Bertz CT molecular complexity index is 316. The molecule has 0 spiro atoms. The zero-order chi connectivity index (χ0) is 10.9. The normalized spacial score (nSPS) is 11.3. The van der Waals surface area contributed by atoms with E-state index >= 15 is 0 Å². The summed E-state index contributed by atoms with van der Waals surface area (Å²) in [6, 6.07) is 0.